The van der Waals surface area contributed by atoms with Gasteiger partial charge >= 0.3 is 0 Å². The van der Waals surface area contributed by atoms with Gasteiger partial charge in [-0.3, -0.25) is 4.98 Å². The molecular weight excluding hydrogens is 466 g/mol. The van der Waals surface area contributed by atoms with Gasteiger partial charge in [-0.1, -0.05) is 12.1 Å². The van der Waals surface area contributed by atoms with Crippen molar-refractivity contribution in [3.63, 3.8) is 0 Å². The van der Waals surface area contributed by atoms with Gasteiger partial charge in [0.15, 0.2) is 5.11 Å². The van der Waals surface area contributed by atoms with E-state index in [1.165, 1.54) is 5.56 Å². The Morgan fingerprint density at radius 1 is 0.944 bits per heavy atom. The summed E-state index contributed by atoms with van der Waals surface area (Å²) in [7, 11) is 0. The molecule has 0 spiro atoms. The van der Waals surface area contributed by atoms with E-state index in [0.717, 1.165) is 39.9 Å². The fraction of sp³-hybridized carbons (Fsp3) is 0.276. The number of nitrogens with zero attached hydrogens (tertiary/aromatic N) is 4. The molecule has 1 N–H and O–H groups in total. The summed E-state index contributed by atoms with van der Waals surface area (Å²) in [4.78, 5) is 11.6. The molecule has 1 aliphatic heterocycles. The van der Waals surface area contributed by atoms with Crippen molar-refractivity contribution < 1.29 is 4.74 Å². The first kappa shape index (κ1) is 24.0. The Kier molecular flexibility index (Phi) is 6.49. The molecule has 0 radical (unpaired) electrons. The van der Waals surface area contributed by atoms with Crippen molar-refractivity contribution in [1.29, 1.82) is 0 Å². The van der Waals surface area contributed by atoms with E-state index in [-0.39, 0.29) is 18.2 Å². The van der Waals surface area contributed by atoms with Crippen LogP contribution in [0.4, 0.5) is 5.69 Å². The first-order chi connectivity index (χ1) is 17.3. The lowest BCUT2D eigenvalue weighted by Crippen LogP contribution is -2.29. The van der Waals surface area contributed by atoms with E-state index in [2.05, 4.69) is 70.9 Å². The molecule has 36 heavy (non-hydrogen) atoms. The van der Waals surface area contributed by atoms with Crippen LogP contribution in [0.3, 0.4) is 0 Å². The number of benzene rings is 1. The average Bonchev–Trinajstić information content (AvgIpc) is 3.35. The third-order valence-electron chi connectivity index (χ3n) is 6.57. The number of thiocarbonyl (C=S) groups is 1. The molecule has 0 bridgehead atoms. The lowest BCUT2D eigenvalue weighted by Gasteiger charge is -2.28. The summed E-state index contributed by atoms with van der Waals surface area (Å²) in [6.45, 7) is 10.4. The number of aromatic nitrogens is 3. The van der Waals surface area contributed by atoms with Gasteiger partial charge in [-0.05, 0) is 106 Å². The van der Waals surface area contributed by atoms with Crippen LogP contribution in [0, 0.1) is 20.8 Å². The second-order valence-corrected chi connectivity index (χ2v) is 9.85. The number of aryl methyl sites for hydroxylation is 2. The van der Waals surface area contributed by atoms with Crippen LogP contribution in [0.2, 0.25) is 0 Å². The summed E-state index contributed by atoms with van der Waals surface area (Å²) in [6, 6.07) is 20.3. The monoisotopic (exact) mass is 497 g/mol. The van der Waals surface area contributed by atoms with Crippen LogP contribution in [-0.2, 0) is 0 Å². The van der Waals surface area contributed by atoms with Crippen molar-refractivity contribution in [2.75, 3.05) is 4.90 Å². The molecule has 0 amide bonds. The molecule has 1 aromatic carbocycles. The van der Waals surface area contributed by atoms with Gasteiger partial charge in [-0.2, -0.15) is 0 Å². The molecule has 2 atom stereocenters. The zero-order valence-corrected chi connectivity index (χ0v) is 22.1. The number of hydrogen-bond acceptors (Lipinski definition) is 4. The summed E-state index contributed by atoms with van der Waals surface area (Å²) < 4.78 is 8.11. The molecule has 0 saturated carbocycles. The molecule has 5 rings (SSSR count). The van der Waals surface area contributed by atoms with Crippen LogP contribution in [0.15, 0.2) is 73.1 Å². The van der Waals surface area contributed by atoms with Gasteiger partial charge in [-0.25, -0.2) is 4.98 Å². The molecule has 6 nitrogen and oxygen atoms in total. The van der Waals surface area contributed by atoms with Crippen molar-refractivity contribution in [3.05, 3.63) is 101 Å². The minimum absolute atomic E-state index is 0.0896. The largest absolute Gasteiger partial charge is 0.491 e. The SMILES string of the molecule is Cc1cccnc1-n1c(C)cc(C2C(c3ccccn3)NC(=S)N2c2ccc(OC(C)C)cc2)c1C. The molecule has 2 unspecified atom stereocenters. The summed E-state index contributed by atoms with van der Waals surface area (Å²) in [5, 5.41) is 4.23. The highest BCUT2D eigenvalue weighted by atomic mass is 32.1. The van der Waals surface area contributed by atoms with E-state index in [1.807, 2.05) is 56.6 Å². The van der Waals surface area contributed by atoms with Crippen molar-refractivity contribution in [1.82, 2.24) is 19.9 Å². The maximum Gasteiger partial charge on any atom is 0.174 e. The number of ether oxygens (including phenoxy) is 1. The van der Waals surface area contributed by atoms with Crippen molar-refractivity contribution in [2.24, 2.45) is 0 Å². The highest BCUT2D eigenvalue weighted by Crippen LogP contribution is 2.44. The molecular formula is C29H31N5OS. The van der Waals surface area contributed by atoms with Gasteiger partial charge in [0, 0.05) is 29.5 Å². The quantitative estimate of drug-likeness (QED) is 0.322. The summed E-state index contributed by atoms with van der Waals surface area (Å²) in [5.41, 5.74) is 6.53. The summed E-state index contributed by atoms with van der Waals surface area (Å²) in [5.74, 6) is 1.79. The van der Waals surface area contributed by atoms with Gasteiger partial charge in [0.25, 0.3) is 0 Å². The first-order valence-electron chi connectivity index (χ1n) is 12.2. The number of hydrogen-bond donors (Lipinski definition) is 1. The lowest BCUT2D eigenvalue weighted by atomic mass is 9.96. The first-order valence-corrected chi connectivity index (χ1v) is 12.6. The summed E-state index contributed by atoms with van der Waals surface area (Å²) >= 11 is 5.91. The average molecular weight is 498 g/mol. The molecule has 0 aliphatic carbocycles. The molecule has 1 aliphatic rings. The number of anilines is 1. The number of nitrogens with one attached hydrogen (secondary N) is 1. The van der Waals surface area contributed by atoms with Crippen LogP contribution in [0.5, 0.6) is 5.75 Å². The Labute approximate surface area is 218 Å². The third kappa shape index (κ3) is 4.35. The smallest absolute Gasteiger partial charge is 0.174 e. The van der Waals surface area contributed by atoms with Crippen LogP contribution in [-0.4, -0.2) is 25.8 Å². The molecule has 7 heteroatoms. The standard InChI is InChI=1S/C29H31N5OS/c1-18(2)35-23-13-11-22(12-14-23)34-27(26(32-29(34)36)25-10-6-7-15-30-25)24-17-20(4)33(21(24)5)28-19(3)9-8-16-31-28/h6-18,26-27H,1-5H3,(H,32,36). The Hall–Kier alpha value is -3.71. The van der Waals surface area contributed by atoms with E-state index in [4.69, 9.17) is 21.9 Å². The molecule has 184 valence electrons. The molecule has 3 aromatic heterocycles. The maximum absolute atomic E-state index is 5.91. The number of rotatable bonds is 6. The van der Waals surface area contributed by atoms with E-state index in [0.29, 0.717) is 5.11 Å². The maximum atomic E-state index is 5.91. The van der Waals surface area contributed by atoms with Gasteiger partial charge in [0.05, 0.1) is 23.9 Å². The van der Waals surface area contributed by atoms with Crippen LogP contribution < -0.4 is 15.0 Å². The highest BCUT2D eigenvalue weighted by molar-refractivity contribution is 7.80. The molecule has 4 heterocycles. The number of pyridine rings is 2. The minimum atomic E-state index is -0.107. The lowest BCUT2D eigenvalue weighted by molar-refractivity contribution is 0.242. The Bertz CT molecular complexity index is 1380. The Morgan fingerprint density at radius 2 is 1.69 bits per heavy atom. The normalized spacial score (nSPS) is 17.5. The van der Waals surface area contributed by atoms with Crippen LogP contribution >= 0.6 is 12.2 Å². The van der Waals surface area contributed by atoms with Gasteiger partial charge in [0.1, 0.15) is 11.6 Å². The highest BCUT2D eigenvalue weighted by Gasteiger charge is 2.42. The summed E-state index contributed by atoms with van der Waals surface area (Å²) in [6.07, 6.45) is 3.79. The predicted molar refractivity (Wildman–Crippen MR) is 148 cm³/mol. The van der Waals surface area contributed by atoms with E-state index >= 15 is 0 Å². The van der Waals surface area contributed by atoms with Gasteiger partial charge in [-0.15, -0.1) is 0 Å². The Morgan fingerprint density at radius 3 is 2.36 bits per heavy atom. The minimum Gasteiger partial charge on any atom is -0.491 e. The van der Waals surface area contributed by atoms with Crippen molar-refractivity contribution in [2.45, 2.75) is 52.8 Å². The molecule has 1 fully saturated rings. The fourth-order valence-electron chi connectivity index (χ4n) is 5.03. The topological polar surface area (TPSA) is 55.2 Å². The van der Waals surface area contributed by atoms with Crippen molar-refractivity contribution >= 4 is 23.0 Å². The van der Waals surface area contributed by atoms with Crippen LogP contribution in [0.25, 0.3) is 5.82 Å². The molecule has 1 saturated heterocycles. The van der Waals surface area contributed by atoms with Crippen molar-refractivity contribution in [3.8, 4) is 11.6 Å². The second kappa shape index (κ2) is 9.74. The van der Waals surface area contributed by atoms with Gasteiger partial charge in [0.2, 0.25) is 0 Å². The van der Waals surface area contributed by atoms with Crippen LogP contribution in [0.1, 0.15) is 54.1 Å². The Balaban J connectivity index is 1.64. The van der Waals surface area contributed by atoms with E-state index in [1.54, 1.807) is 0 Å². The van der Waals surface area contributed by atoms with E-state index in [9.17, 15) is 0 Å². The zero-order valence-electron chi connectivity index (χ0n) is 21.3. The van der Waals surface area contributed by atoms with Gasteiger partial charge < -0.3 is 19.5 Å². The second-order valence-electron chi connectivity index (χ2n) is 9.46. The zero-order chi connectivity index (χ0) is 25.4. The third-order valence-corrected chi connectivity index (χ3v) is 6.88. The molecule has 4 aromatic rings. The van der Waals surface area contributed by atoms with E-state index < -0.39 is 0 Å². The predicted octanol–water partition coefficient (Wildman–Crippen LogP) is 6.16. The fourth-order valence-corrected chi connectivity index (χ4v) is 5.38.